The Kier molecular flexibility index (Phi) is 5.19. The number of fused-ring (bicyclic) bond motifs is 1. The van der Waals surface area contributed by atoms with Crippen molar-refractivity contribution in [1.82, 2.24) is 20.2 Å². The maximum atomic E-state index is 12.4. The molecule has 0 bridgehead atoms. The van der Waals surface area contributed by atoms with Crippen LogP contribution in [0.25, 0.3) is 10.7 Å². The standard InChI is InChI=1S/C17H13ClN4O5S2/c18-8-6-29-16-12(15(25)22(16)13(8)17(26)27)21-10(24)4-7-5-28-14(20-7)11-9(23)2-1-3-19-11/h1-3,5,12,16,23H,4,6H2,(H,21,24)(H,26,27). The highest BCUT2D eigenvalue weighted by Gasteiger charge is 2.54. The molecule has 0 spiro atoms. The number of aromatic nitrogens is 2. The minimum atomic E-state index is -1.27. The van der Waals surface area contributed by atoms with Crippen LogP contribution < -0.4 is 5.32 Å². The average molecular weight is 453 g/mol. The second kappa shape index (κ2) is 7.65. The zero-order chi connectivity index (χ0) is 20.7. The summed E-state index contributed by atoms with van der Waals surface area (Å²) in [5, 5.41) is 23.5. The number of aliphatic carboxylic acids is 1. The highest BCUT2D eigenvalue weighted by Crippen LogP contribution is 2.41. The van der Waals surface area contributed by atoms with Crippen molar-refractivity contribution in [2.24, 2.45) is 0 Å². The van der Waals surface area contributed by atoms with E-state index < -0.39 is 29.2 Å². The molecular weight excluding hydrogens is 440 g/mol. The fraction of sp³-hybridized carbons (Fsp3) is 0.235. The van der Waals surface area contributed by atoms with E-state index in [2.05, 4.69) is 15.3 Å². The minimum Gasteiger partial charge on any atom is -0.506 e. The van der Waals surface area contributed by atoms with E-state index in [1.165, 1.54) is 35.4 Å². The van der Waals surface area contributed by atoms with Gasteiger partial charge in [0.25, 0.3) is 5.91 Å². The number of thiazole rings is 1. The van der Waals surface area contributed by atoms with Crippen LogP contribution in [0.15, 0.2) is 34.4 Å². The van der Waals surface area contributed by atoms with Gasteiger partial charge in [-0.25, -0.2) is 14.8 Å². The number of halogens is 1. The molecule has 9 nitrogen and oxygen atoms in total. The van der Waals surface area contributed by atoms with Gasteiger partial charge in [0, 0.05) is 17.3 Å². The Morgan fingerprint density at radius 2 is 2.21 bits per heavy atom. The number of nitrogens with one attached hydrogen (secondary N) is 1. The van der Waals surface area contributed by atoms with Crippen molar-refractivity contribution in [3.8, 4) is 16.5 Å². The second-order valence-corrected chi connectivity index (χ2v) is 8.62. The minimum absolute atomic E-state index is 0.00622. The summed E-state index contributed by atoms with van der Waals surface area (Å²) in [6, 6.07) is 2.28. The van der Waals surface area contributed by atoms with Crippen molar-refractivity contribution < 1.29 is 24.6 Å². The van der Waals surface area contributed by atoms with Gasteiger partial charge in [-0.05, 0) is 12.1 Å². The molecule has 2 unspecified atom stereocenters. The zero-order valence-electron chi connectivity index (χ0n) is 14.5. The smallest absolute Gasteiger partial charge is 0.353 e. The lowest BCUT2D eigenvalue weighted by molar-refractivity contribution is -0.150. The quantitative estimate of drug-likeness (QED) is 0.579. The molecule has 29 heavy (non-hydrogen) atoms. The summed E-state index contributed by atoms with van der Waals surface area (Å²) in [5.41, 5.74) is 0.573. The molecule has 0 saturated carbocycles. The molecule has 12 heteroatoms. The van der Waals surface area contributed by atoms with Crippen molar-refractivity contribution in [2.45, 2.75) is 17.8 Å². The number of amides is 2. The lowest BCUT2D eigenvalue weighted by atomic mass is 10.0. The van der Waals surface area contributed by atoms with Crippen LogP contribution in [0.1, 0.15) is 5.69 Å². The molecule has 0 radical (unpaired) electrons. The van der Waals surface area contributed by atoms with Crippen LogP contribution in [0.2, 0.25) is 0 Å². The molecular formula is C17H13ClN4O5S2. The van der Waals surface area contributed by atoms with Crippen LogP contribution in [-0.4, -0.2) is 60.0 Å². The predicted molar refractivity (Wildman–Crippen MR) is 106 cm³/mol. The van der Waals surface area contributed by atoms with Crippen LogP contribution >= 0.6 is 34.7 Å². The van der Waals surface area contributed by atoms with E-state index in [4.69, 9.17) is 11.6 Å². The Morgan fingerprint density at radius 3 is 2.93 bits per heavy atom. The van der Waals surface area contributed by atoms with Gasteiger partial charge in [-0.3, -0.25) is 14.5 Å². The number of hydrogen-bond donors (Lipinski definition) is 3. The summed E-state index contributed by atoms with van der Waals surface area (Å²) >= 11 is 8.46. The van der Waals surface area contributed by atoms with E-state index in [1.807, 2.05) is 0 Å². The first-order valence-electron chi connectivity index (χ1n) is 8.31. The van der Waals surface area contributed by atoms with Crippen LogP contribution in [0.5, 0.6) is 5.75 Å². The van der Waals surface area contributed by atoms with Gasteiger partial charge >= 0.3 is 5.97 Å². The Balaban J connectivity index is 1.41. The van der Waals surface area contributed by atoms with Crippen molar-refractivity contribution in [2.75, 3.05) is 5.75 Å². The molecule has 150 valence electrons. The third kappa shape index (κ3) is 3.56. The van der Waals surface area contributed by atoms with Gasteiger partial charge in [-0.1, -0.05) is 11.6 Å². The SMILES string of the molecule is O=C(Cc1csc(-c2ncccc2O)n1)NC1C(=O)N2C(C(=O)O)=C(Cl)CSC12. The van der Waals surface area contributed by atoms with Crippen LogP contribution in [0.4, 0.5) is 0 Å². The number of rotatable bonds is 5. The number of nitrogens with zero attached hydrogens (tertiary/aromatic N) is 3. The maximum Gasteiger partial charge on any atom is 0.353 e. The molecule has 0 aliphatic carbocycles. The zero-order valence-corrected chi connectivity index (χ0v) is 16.9. The number of carboxylic acid groups (broad SMARTS) is 1. The topological polar surface area (TPSA) is 133 Å². The number of thioether (sulfide) groups is 1. The Morgan fingerprint density at radius 1 is 1.41 bits per heavy atom. The second-order valence-electron chi connectivity index (χ2n) is 6.21. The Hall–Kier alpha value is -2.63. The van der Waals surface area contributed by atoms with Crippen molar-refractivity contribution in [3.05, 3.63) is 40.1 Å². The molecule has 1 fully saturated rings. The molecule has 2 aromatic rings. The Bertz CT molecular complexity index is 1060. The molecule has 4 rings (SSSR count). The van der Waals surface area contributed by atoms with Gasteiger partial charge in [0.1, 0.15) is 33.6 Å². The Labute approximate surface area is 177 Å². The lowest BCUT2D eigenvalue weighted by Crippen LogP contribution is -2.70. The third-order valence-corrected chi connectivity index (χ3v) is 6.97. The van der Waals surface area contributed by atoms with Gasteiger partial charge < -0.3 is 15.5 Å². The van der Waals surface area contributed by atoms with Crippen LogP contribution in [-0.2, 0) is 20.8 Å². The number of carbonyl (C=O) groups excluding carboxylic acids is 2. The number of β-lactam (4-membered cyclic amide) rings is 1. The average Bonchev–Trinajstić information content (AvgIpc) is 3.14. The lowest BCUT2D eigenvalue weighted by Gasteiger charge is -2.48. The maximum absolute atomic E-state index is 12.4. The van der Waals surface area contributed by atoms with E-state index in [-0.39, 0.29) is 28.7 Å². The highest BCUT2D eigenvalue weighted by atomic mass is 35.5. The van der Waals surface area contributed by atoms with Crippen molar-refractivity contribution >= 4 is 52.5 Å². The molecule has 1 saturated heterocycles. The fourth-order valence-corrected chi connectivity index (χ4v) is 5.40. The molecule has 0 aromatic carbocycles. The summed E-state index contributed by atoms with van der Waals surface area (Å²) in [5.74, 6) is -1.95. The molecule has 2 aliphatic rings. The highest BCUT2D eigenvalue weighted by molar-refractivity contribution is 8.00. The predicted octanol–water partition coefficient (Wildman–Crippen LogP) is 1.39. The molecule has 2 atom stereocenters. The van der Waals surface area contributed by atoms with E-state index in [1.54, 1.807) is 11.4 Å². The summed E-state index contributed by atoms with van der Waals surface area (Å²) in [4.78, 5) is 45.6. The molecule has 2 amide bonds. The molecule has 2 aromatic heterocycles. The molecule has 4 heterocycles. The first kappa shape index (κ1) is 19.7. The summed E-state index contributed by atoms with van der Waals surface area (Å²) in [6.45, 7) is 0. The largest absolute Gasteiger partial charge is 0.506 e. The number of pyridine rings is 1. The van der Waals surface area contributed by atoms with Crippen LogP contribution in [0.3, 0.4) is 0 Å². The molecule has 3 N–H and O–H groups in total. The van der Waals surface area contributed by atoms with Gasteiger partial charge in [-0.2, -0.15) is 0 Å². The molecule has 2 aliphatic heterocycles. The van der Waals surface area contributed by atoms with E-state index in [0.717, 1.165) is 4.90 Å². The number of carbonyl (C=O) groups is 3. The fourth-order valence-electron chi connectivity index (χ4n) is 3.03. The van der Waals surface area contributed by atoms with Crippen LogP contribution in [0, 0.1) is 0 Å². The van der Waals surface area contributed by atoms with Gasteiger partial charge in [0.15, 0.2) is 0 Å². The van der Waals surface area contributed by atoms with Gasteiger partial charge in [0.05, 0.1) is 17.1 Å². The number of hydrogen-bond acceptors (Lipinski definition) is 8. The first-order valence-corrected chi connectivity index (χ1v) is 10.6. The summed E-state index contributed by atoms with van der Waals surface area (Å²) in [7, 11) is 0. The third-order valence-electron chi connectivity index (χ3n) is 4.32. The van der Waals surface area contributed by atoms with E-state index in [9.17, 15) is 24.6 Å². The van der Waals surface area contributed by atoms with Gasteiger partial charge in [-0.15, -0.1) is 23.1 Å². The monoisotopic (exact) mass is 452 g/mol. The van der Waals surface area contributed by atoms with Gasteiger partial charge in [0.2, 0.25) is 5.91 Å². The number of carboxylic acids is 1. The van der Waals surface area contributed by atoms with E-state index in [0.29, 0.717) is 16.4 Å². The van der Waals surface area contributed by atoms with Crippen molar-refractivity contribution in [1.29, 1.82) is 0 Å². The normalized spacial score (nSPS) is 20.9. The van der Waals surface area contributed by atoms with Crippen molar-refractivity contribution in [3.63, 3.8) is 0 Å². The van der Waals surface area contributed by atoms with E-state index >= 15 is 0 Å². The summed E-state index contributed by atoms with van der Waals surface area (Å²) in [6.07, 6.45) is 1.47. The summed E-state index contributed by atoms with van der Waals surface area (Å²) < 4.78 is 0. The number of aromatic hydroxyl groups is 1. The first-order chi connectivity index (χ1) is 13.9.